The Hall–Kier alpha value is -2.13. The van der Waals surface area contributed by atoms with E-state index in [4.69, 9.17) is 10.9 Å². The van der Waals surface area contributed by atoms with Crippen molar-refractivity contribution in [2.24, 2.45) is 12.2 Å². The van der Waals surface area contributed by atoms with Crippen LogP contribution in [0.5, 0.6) is 0 Å². The standard InChI is InChI=1S/C11H16N6O2S/c1-17-7-15-16-11(17)2-3-14-9-4-8(12)5-10(6-9)20(13,18)19/h4-7,14H,2-3,12H2,1H3,(H2,13,18,19). The van der Waals surface area contributed by atoms with E-state index >= 15 is 0 Å². The molecule has 9 heteroatoms. The van der Waals surface area contributed by atoms with Gasteiger partial charge in [-0.15, -0.1) is 10.2 Å². The van der Waals surface area contributed by atoms with Gasteiger partial charge in [0.25, 0.3) is 0 Å². The lowest BCUT2D eigenvalue weighted by Crippen LogP contribution is -2.14. The van der Waals surface area contributed by atoms with E-state index in [1.165, 1.54) is 12.1 Å². The van der Waals surface area contributed by atoms with Gasteiger partial charge < -0.3 is 15.6 Å². The summed E-state index contributed by atoms with van der Waals surface area (Å²) in [7, 11) is -1.91. The summed E-state index contributed by atoms with van der Waals surface area (Å²) in [4.78, 5) is -0.0151. The maximum absolute atomic E-state index is 11.3. The zero-order valence-electron chi connectivity index (χ0n) is 10.9. The number of hydrogen-bond donors (Lipinski definition) is 3. The third-order valence-electron chi connectivity index (χ3n) is 2.74. The van der Waals surface area contributed by atoms with Crippen molar-refractivity contribution in [3.63, 3.8) is 0 Å². The van der Waals surface area contributed by atoms with Crippen molar-refractivity contribution in [1.29, 1.82) is 0 Å². The molecule has 0 amide bonds. The highest BCUT2D eigenvalue weighted by Gasteiger charge is 2.10. The zero-order valence-corrected chi connectivity index (χ0v) is 11.8. The number of nitrogens with zero attached hydrogens (tertiary/aromatic N) is 3. The van der Waals surface area contributed by atoms with Gasteiger partial charge in [0.1, 0.15) is 12.2 Å². The highest BCUT2D eigenvalue weighted by atomic mass is 32.2. The van der Waals surface area contributed by atoms with Crippen molar-refractivity contribution in [2.75, 3.05) is 17.6 Å². The van der Waals surface area contributed by atoms with Crippen LogP contribution in [-0.4, -0.2) is 29.7 Å². The second-order valence-corrected chi connectivity index (χ2v) is 5.93. The molecule has 8 nitrogen and oxygen atoms in total. The van der Waals surface area contributed by atoms with Gasteiger partial charge in [-0.3, -0.25) is 0 Å². The molecule has 0 atom stereocenters. The van der Waals surface area contributed by atoms with Gasteiger partial charge >= 0.3 is 0 Å². The summed E-state index contributed by atoms with van der Waals surface area (Å²) in [5, 5.41) is 15.9. The van der Waals surface area contributed by atoms with Crippen molar-refractivity contribution < 1.29 is 8.42 Å². The summed E-state index contributed by atoms with van der Waals surface area (Å²) >= 11 is 0. The molecule has 0 aliphatic carbocycles. The molecule has 0 fully saturated rings. The third-order valence-corrected chi connectivity index (χ3v) is 3.63. The van der Waals surface area contributed by atoms with E-state index in [-0.39, 0.29) is 4.90 Å². The second kappa shape index (κ2) is 5.47. The van der Waals surface area contributed by atoms with E-state index in [9.17, 15) is 8.42 Å². The minimum atomic E-state index is -3.77. The van der Waals surface area contributed by atoms with Crippen molar-refractivity contribution in [3.8, 4) is 0 Å². The molecule has 0 aliphatic rings. The molecular formula is C11H16N6O2S. The van der Waals surface area contributed by atoms with Crippen LogP contribution in [0.1, 0.15) is 5.82 Å². The van der Waals surface area contributed by atoms with Crippen molar-refractivity contribution in [3.05, 3.63) is 30.4 Å². The van der Waals surface area contributed by atoms with Crippen LogP contribution in [0.15, 0.2) is 29.4 Å². The molecule has 0 saturated carbocycles. The van der Waals surface area contributed by atoms with Gasteiger partial charge in [-0.25, -0.2) is 13.6 Å². The fourth-order valence-corrected chi connectivity index (χ4v) is 2.33. The molecule has 1 aromatic heterocycles. The number of rotatable bonds is 5. The minimum absolute atomic E-state index is 0.0151. The van der Waals surface area contributed by atoms with Crippen LogP contribution in [0, 0.1) is 0 Å². The van der Waals surface area contributed by atoms with Gasteiger partial charge in [0.2, 0.25) is 10.0 Å². The first-order chi connectivity index (χ1) is 9.36. The Morgan fingerprint density at radius 2 is 2.10 bits per heavy atom. The molecule has 2 rings (SSSR count). The van der Waals surface area contributed by atoms with Crippen LogP contribution >= 0.6 is 0 Å². The first-order valence-electron chi connectivity index (χ1n) is 5.86. The van der Waals surface area contributed by atoms with E-state index in [1.54, 1.807) is 12.4 Å². The average molecular weight is 296 g/mol. The highest BCUT2D eigenvalue weighted by Crippen LogP contribution is 2.19. The summed E-state index contributed by atoms with van der Waals surface area (Å²) in [6.07, 6.45) is 2.27. The highest BCUT2D eigenvalue weighted by molar-refractivity contribution is 7.89. The van der Waals surface area contributed by atoms with Gasteiger partial charge in [0, 0.05) is 31.4 Å². The predicted molar refractivity (Wildman–Crippen MR) is 75.4 cm³/mol. The maximum atomic E-state index is 11.3. The van der Waals surface area contributed by atoms with Gasteiger partial charge in [0.05, 0.1) is 4.90 Å². The van der Waals surface area contributed by atoms with E-state index in [1.807, 2.05) is 11.6 Å². The van der Waals surface area contributed by atoms with Crippen LogP contribution in [0.4, 0.5) is 11.4 Å². The number of aromatic nitrogens is 3. The Morgan fingerprint density at radius 1 is 1.35 bits per heavy atom. The quantitative estimate of drug-likeness (QED) is 0.650. The largest absolute Gasteiger partial charge is 0.399 e. The van der Waals surface area contributed by atoms with E-state index in [0.29, 0.717) is 24.3 Å². The van der Waals surface area contributed by atoms with Gasteiger partial charge in [0.15, 0.2) is 0 Å². The van der Waals surface area contributed by atoms with Crippen LogP contribution in [-0.2, 0) is 23.5 Å². The number of aryl methyl sites for hydroxylation is 1. The number of benzene rings is 1. The monoisotopic (exact) mass is 296 g/mol. The minimum Gasteiger partial charge on any atom is -0.399 e. The van der Waals surface area contributed by atoms with Crippen LogP contribution in [0.3, 0.4) is 0 Å². The molecule has 20 heavy (non-hydrogen) atoms. The molecule has 1 heterocycles. The van der Waals surface area contributed by atoms with E-state index in [2.05, 4.69) is 15.5 Å². The topological polar surface area (TPSA) is 129 Å². The maximum Gasteiger partial charge on any atom is 0.238 e. The zero-order chi connectivity index (χ0) is 14.8. The van der Waals surface area contributed by atoms with Gasteiger partial charge in [-0.1, -0.05) is 0 Å². The molecule has 2 aromatic rings. The van der Waals surface area contributed by atoms with Crippen LogP contribution in [0.25, 0.3) is 0 Å². The summed E-state index contributed by atoms with van der Waals surface area (Å²) in [6, 6.07) is 4.41. The lowest BCUT2D eigenvalue weighted by molar-refractivity contribution is 0.598. The number of sulfonamides is 1. The number of primary sulfonamides is 1. The van der Waals surface area contributed by atoms with Crippen molar-refractivity contribution in [2.45, 2.75) is 11.3 Å². The molecule has 0 radical (unpaired) electrons. The molecule has 0 bridgehead atoms. The molecule has 5 N–H and O–H groups in total. The van der Waals surface area contributed by atoms with Crippen molar-refractivity contribution >= 4 is 21.4 Å². The molecule has 0 unspecified atom stereocenters. The number of hydrogen-bond acceptors (Lipinski definition) is 6. The van der Waals surface area contributed by atoms with E-state index < -0.39 is 10.0 Å². The smallest absolute Gasteiger partial charge is 0.238 e. The molecule has 108 valence electrons. The third kappa shape index (κ3) is 3.45. The molecule has 1 aromatic carbocycles. The summed E-state index contributed by atoms with van der Waals surface area (Å²) in [5.74, 6) is 0.827. The fraction of sp³-hybridized carbons (Fsp3) is 0.273. The Balaban J connectivity index is 2.07. The summed E-state index contributed by atoms with van der Waals surface area (Å²) < 4.78 is 24.4. The summed E-state index contributed by atoms with van der Waals surface area (Å²) in [6.45, 7) is 0.569. The van der Waals surface area contributed by atoms with E-state index in [0.717, 1.165) is 5.82 Å². The number of nitrogens with two attached hydrogens (primary N) is 2. The second-order valence-electron chi connectivity index (χ2n) is 4.37. The Kier molecular flexibility index (Phi) is 3.91. The SMILES string of the molecule is Cn1cnnc1CCNc1cc(N)cc(S(N)(=O)=O)c1. The van der Waals surface area contributed by atoms with Gasteiger partial charge in [-0.05, 0) is 18.2 Å². The first kappa shape index (κ1) is 14.3. The summed E-state index contributed by atoms with van der Waals surface area (Å²) in [5.41, 5.74) is 6.58. The number of nitrogens with one attached hydrogen (secondary N) is 1. The Bertz CT molecular complexity index is 709. The lowest BCUT2D eigenvalue weighted by atomic mass is 10.2. The lowest BCUT2D eigenvalue weighted by Gasteiger charge is -2.09. The Labute approximate surface area is 116 Å². The number of nitrogen functional groups attached to an aromatic ring is 1. The fourth-order valence-electron chi connectivity index (χ4n) is 1.74. The van der Waals surface area contributed by atoms with Crippen molar-refractivity contribution in [1.82, 2.24) is 14.8 Å². The molecule has 0 spiro atoms. The van der Waals surface area contributed by atoms with Crippen LogP contribution in [0.2, 0.25) is 0 Å². The molecule has 0 aliphatic heterocycles. The first-order valence-corrected chi connectivity index (χ1v) is 7.41. The normalized spacial score (nSPS) is 11.5. The number of anilines is 2. The Morgan fingerprint density at radius 3 is 2.70 bits per heavy atom. The van der Waals surface area contributed by atoms with Crippen LogP contribution < -0.4 is 16.2 Å². The average Bonchev–Trinajstić information content (AvgIpc) is 2.73. The predicted octanol–water partition coefficient (Wildman–Crippen LogP) is -0.301. The molecular weight excluding hydrogens is 280 g/mol. The van der Waals surface area contributed by atoms with Gasteiger partial charge in [-0.2, -0.15) is 0 Å². The molecule has 0 saturated heterocycles.